The molecule has 0 bridgehead atoms. The fourth-order valence-electron chi connectivity index (χ4n) is 2.52. The van der Waals surface area contributed by atoms with E-state index in [9.17, 15) is 4.79 Å². The maximum atomic E-state index is 12.3. The maximum absolute atomic E-state index is 12.3. The standard InChI is InChI=1S/C20H14N4OS/c25-20(14-3-6-21-7-4-14)24-18-8-16(11-23-12-18)19-9-17(13-26-19)15-2-1-5-22-10-15/h1-13H,(H,24,25). The minimum atomic E-state index is -0.187. The SMILES string of the molecule is O=C(Nc1cncc(-c2cc(-c3cccnc3)cs2)c1)c1ccncc1. The Bertz CT molecular complexity index is 1030. The zero-order chi connectivity index (χ0) is 17.8. The molecule has 0 aromatic carbocycles. The van der Waals surface area contributed by atoms with Crippen LogP contribution >= 0.6 is 11.3 Å². The predicted molar refractivity (Wildman–Crippen MR) is 103 cm³/mol. The Hall–Kier alpha value is -3.38. The number of pyridine rings is 3. The lowest BCUT2D eigenvalue weighted by Crippen LogP contribution is -2.11. The van der Waals surface area contributed by atoms with Gasteiger partial charge in [0.25, 0.3) is 5.91 Å². The van der Waals surface area contributed by atoms with Gasteiger partial charge in [0.2, 0.25) is 0 Å². The molecule has 4 aromatic heterocycles. The second-order valence-corrected chi connectivity index (χ2v) is 6.50. The van der Waals surface area contributed by atoms with Crippen LogP contribution in [0.15, 0.2) is 79.0 Å². The van der Waals surface area contributed by atoms with Gasteiger partial charge in [0.15, 0.2) is 0 Å². The van der Waals surface area contributed by atoms with Crippen molar-refractivity contribution < 1.29 is 4.79 Å². The van der Waals surface area contributed by atoms with E-state index in [1.54, 1.807) is 54.5 Å². The molecule has 1 amide bonds. The number of amides is 1. The van der Waals surface area contributed by atoms with Crippen LogP contribution in [0.3, 0.4) is 0 Å². The average Bonchev–Trinajstić information content (AvgIpc) is 3.20. The third kappa shape index (κ3) is 3.50. The van der Waals surface area contributed by atoms with Gasteiger partial charge in [-0.1, -0.05) is 6.07 Å². The van der Waals surface area contributed by atoms with Gasteiger partial charge in [-0.2, -0.15) is 0 Å². The van der Waals surface area contributed by atoms with Gasteiger partial charge >= 0.3 is 0 Å². The van der Waals surface area contributed by atoms with Gasteiger partial charge in [0.05, 0.1) is 11.9 Å². The molecule has 0 radical (unpaired) electrons. The average molecular weight is 358 g/mol. The van der Waals surface area contributed by atoms with Crippen LogP contribution < -0.4 is 5.32 Å². The fraction of sp³-hybridized carbons (Fsp3) is 0. The zero-order valence-electron chi connectivity index (χ0n) is 13.7. The molecule has 4 rings (SSSR count). The first kappa shape index (κ1) is 16.1. The topological polar surface area (TPSA) is 67.8 Å². The molecule has 0 fully saturated rings. The van der Waals surface area contributed by atoms with Gasteiger partial charge in [-0.3, -0.25) is 19.7 Å². The van der Waals surface area contributed by atoms with E-state index in [2.05, 4.69) is 31.7 Å². The van der Waals surface area contributed by atoms with Crippen molar-refractivity contribution in [3.05, 3.63) is 84.5 Å². The van der Waals surface area contributed by atoms with Crippen molar-refractivity contribution >= 4 is 22.9 Å². The first-order chi connectivity index (χ1) is 12.8. The highest BCUT2D eigenvalue weighted by molar-refractivity contribution is 7.14. The molecule has 4 aromatic rings. The van der Waals surface area contributed by atoms with Crippen molar-refractivity contribution in [2.75, 3.05) is 5.32 Å². The minimum Gasteiger partial charge on any atom is -0.321 e. The van der Waals surface area contributed by atoms with E-state index in [1.165, 1.54) is 0 Å². The molecule has 0 aliphatic rings. The smallest absolute Gasteiger partial charge is 0.255 e. The lowest BCUT2D eigenvalue weighted by Gasteiger charge is -2.06. The molecule has 0 aliphatic heterocycles. The summed E-state index contributed by atoms with van der Waals surface area (Å²) >= 11 is 1.63. The largest absolute Gasteiger partial charge is 0.321 e. The van der Waals surface area contributed by atoms with Crippen LogP contribution in [0.4, 0.5) is 5.69 Å². The summed E-state index contributed by atoms with van der Waals surface area (Å²) in [7, 11) is 0. The molecule has 6 heteroatoms. The van der Waals surface area contributed by atoms with Crippen LogP contribution in [0.5, 0.6) is 0 Å². The number of anilines is 1. The van der Waals surface area contributed by atoms with E-state index in [-0.39, 0.29) is 5.91 Å². The van der Waals surface area contributed by atoms with Gasteiger partial charge in [-0.15, -0.1) is 11.3 Å². The predicted octanol–water partition coefficient (Wildman–Crippen LogP) is 4.52. The highest BCUT2D eigenvalue weighted by atomic mass is 32.1. The van der Waals surface area contributed by atoms with Crippen molar-refractivity contribution in [2.45, 2.75) is 0 Å². The number of hydrogen-bond acceptors (Lipinski definition) is 5. The Balaban J connectivity index is 1.57. The molecular formula is C20H14N4OS. The molecule has 1 N–H and O–H groups in total. The number of nitrogens with zero attached hydrogens (tertiary/aromatic N) is 3. The van der Waals surface area contributed by atoms with Crippen LogP contribution in [0.1, 0.15) is 10.4 Å². The van der Waals surface area contributed by atoms with Crippen molar-refractivity contribution in [3.8, 4) is 21.6 Å². The Labute approximate surface area is 154 Å². The maximum Gasteiger partial charge on any atom is 0.255 e. The summed E-state index contributed by atoms with van der Waals surface area (Å²) in [6.07, 6.45) is 10.2. The number of carbonyl (C=O) groups excluding carboxylic acids is 1. The van der Waals surface area contributed by atoms with Gasteiger partial charge in [0.1, 0.15) is 0 Å². The van der Waals surface area contributed by atoms with Gasteiger partial charge in [-0.05, 0) is 41.3 Å². The first-order valence-electron chi connectivity index (χ1n) is 7.95. The molecule has 4 heterocycles. The van der Waals surface area contributed by atoms with E-state index in [4.69, 9.17) is 0 Å². The Kier molecular flexibility index (Phi) is 4.49. The molecule has 126 valence electrons. The molecule has 0 saturated heterocycles. The van der Waals surface area contributed by atoms with Gasteiger partial charge in [0, 0.05) is 52.6 Å². The highest BCUT2D eigenvalue weighted by Gasteiger charge is 2.09. The van der Waals surface area contributed by atoms with Crippen molar-refractivity contribution in [1.29, 1.82) is 0 Å². The minimum absolute atomic E-state index is 0.187. The number of hydrogen-bond donors (Lipinski definition) is 1. The normalized spacial score (nSPS) is 10.5. The third-order valence-corrected chi connectivity index (χ3v) is 4.80. The Morgan fingerprint density at radius 2 is 1.69 bits per heavy atom. The second-order valence-electron chi connectivity index (χ2n) is 5.59. The number of carbonyl (C=O) groups is 1. The molecular weight excluding hydrogens is 344 g/mol. The van der Waals surface area contributed by atoms with Crippen LogP contribution in [0, 0.1) is 0 Å². The number of nitrogens with one attached hydrogen (secondary N) is 1. The van der Waals surface area contributed by atoms with Crippen LogP contribution in [-0.4, -0.2) is 20.9 Å². The summed E-state index contributed by atoms with van der Waals surface area (Å²) in [4.78, 5) is 25.7. The Morgan fingerprint density at radius 1 is 0.846 bits per heavy atom. The van der Waals surface area contributed by atoms with Crippen LogP contribution in [-0.2, 0) is 0 Å². The van der Waals surface area contributed by atoms with Crippen molar-refractivity contribution in [2.24, 2.45) is 0 Å². The molecule has 0 saturated carbocycles. The monoisotopic (exact) mass is 358 g/mol. The summed E-state index contributed by atoms with van der Waals surface area (Å²) < 4.78 is 0. The fourth-order valence-corrected chi connectivity index (χ4v) is 3.42. The summed E-state index contributed by atoms with van der Waals surface area (Å²) in [5.41, 5.74) is 4.35. The van der Waals surface area contributed by atoms with Crippen molar-refractivity contribution in [3.63, 3.8) is 0 Å². The molecule has 0 atom stereocenters. The number of aromatic nitrogens is 3. The van der Waals surface area contributed by atoms with E-state index in [0.29, 0.717) is 11.3 Å². The number of rotatable bonds is 4. The van der Waals surface area contributed by atoms with E-state index >= 15 is 0 Å². The molecule has 0 unspecified atom stereocenters. The quantitative estimate of drug-likeness (QED) is 0.582. The lowest BCUT2D eigenvalue weighted by molar-refractivity contribution is 0.102. The summed E-state index contributed by atoms with van der Waals surface area (Å²) in [5.74, 6) is -0.187. The van der Waals surface area contributed by atoms with E-state index in [1.807, 2.05) is 24.4 Å². The second kappa shape index (κ2) is 7.25. The van der Waals surface area contributed by atoms with E-state index < -0.39 is 0 Å². The molecule has 0 aliphatic carbocycles. The summed E-state index contributed by atoms with van der Waals surface area (Å²) in [6, 6.07) is 11.3. The molecule has 0 spiro atoms. The first-order valence-corrected chi connectivity index (χ1v) is 8.83. The third-order valence-electron chi connectivity index (χ3n) is 3.82. The molecule has 26 heavy (non-hydrogen) atoms. The summed E-state index contributed by atoms with van der Waals surface area (Å²) in [5, 5.41) is 4.96. The highest BCUT2D eigenvalue weighted by Crippen LogP contribution is 2.32. The van der Waals surface area contributed by atoms with Gasteiger partial charge in [-0.25, -0.2) is 0 Å². The van der Waals surface area contributed by atoms with Crippen molar-refractivity contribution in [1.82, 2.24) is 15.0 Å². The van der Waals surface area contributed by atoms with Crippen LogP contribution in [0.25, 0.3) is 21.6 Å². The lowest BCUT2D eigenvalue weighted by atomic mass is 10.1. The molecule has 5 nitrogen and oxygen atoms in total. The summed E-state index contributed by atoms with van der Waals surface area (Å²) in [6.45, 7) is 0. The Morgan fingerprint density at radius 3 is 2.50 bits per heavy atom. The zero-order valence-corrected chi connectivity index (χ0v) is 14.5. The van der Waals surface area contributed by atoms with Crippen LogP contribution in [0.2, 0.25) is 0 Å². The van der Waals surface area contributed by atoms with E-state index in [0.717, 1.165) is 21.6 Å². The van der Waals surface area contributed by atoms with Gasteiger partial charge < -0.3 is 5.32 Å². The number of thiophene rings is 1.